The zero-order valence-electron chi connectivity index (χ0n) is 19.5. The van der Waals surface area contributed by atoms with Crippen molar-refractivity contribution in [1.82, 2.24) is 9.78 Å². The lowest BCUT2D eigenvalue weighted by atomic mass is 10.2. The maximum Gasteiger partial charge on any atom is 0.262 e. The number of carbonyl (C=O) groups is 2. The van der Waals surface area contributed by atoms with Crippen molar-refractivity contribution in [3.63, 3.8) is 0 Å². The van der Waals surface area contributed by atoms with Gasteiger partial charge in [-0.3, -0.25) is 14.3 Å². The standard InChI is InChI=1S/C27H26N4O4/c1-19(32)28-22-13-14-25(34-2)24(15-22)29-26(33)23-17-31(16-20-9-5-3-6-10-20)30-27(23)35-18-21-11-7-4-8-12-21/h3-15,17H,16,18H2,1-2H3,(H,28,32)(H,29,33). The monoisotopic (exact) mass is 470 g/mol. The van der Waals surface area contributed by atoms with Gasteiger partial charge in [-0.2, -0.15) is 0 Å². The number of carbonyl (C=O) groups excluding carboxylic acids is 2. The van der Waals surface area contributed by atoms with Crippen LogP contribution in [0.3, 0.4) is 0 Å². The third kappa shape index (κ3) is 6.26. The van der Waals surface area contributed by atoms with Crippen LogP contribution < -0.4 is 20.1 Å². The van der Waals surface area contributed by atoms with Crippen LogP contribution >= 0.6 is 0 Å². The molecule has 1 heterocycles. The topological polar surface area (TPSA) is 94.5 Å². The van der Waals surface area contributed by atoms with Crippen molar-refractivity contribution in [2.45, 2.75) is 20.1 Å². The van der Waals surface area contributed by atoms with Gasteiger partial charge in [-0.25, -0.2) is 0 Å². The molecule has 2 N–H and O–H groups in total. The van der Waals surface area contributed by atoms with E-state index in [2.05, 4.69) is 15.7 Å². The van der Waals surface area contributed by atoms with Crippen LogP contribution in [0.1, 0.15) is 28.4 Å². The third-order valence-electron chi connectivity index (χ3n) is 5.15. The summed E-state index contributed by atoms with van der Waals surface area (Å²) >= 11 is 0. The normalized spacial score (nSPS) is 10.5. The Labute approximate surface area is 203 Å². The highest BCUT2D eigenvalue weighted by Gasteiger charge is 2.20. The number of aromatic nitrogens is 2. The van der Waals surface area contributed by atoms with E-state index in [-0.39, 0.29) is 24.0 Å². The maximum atomic E-state index is 13.3. The van der Waals surface area contributed by atoms with E-state index >= 15 is 0 Å². The summed E-state index contributed by atoms with van der Waals surface area (Å²) in [5.74, 6) is 0.0482. The van der Waals surface area contributed by atoms with E-state index in [0.717, 1.165) is 11.1 Å². The van der Waals surface area contributed by atoms with Crippen LogP contribution in [0, 0.1) is 0 Å². The summed E-state index contributed by atoms with van der Waals surface area (Å²) in [6.07, 6.45) is 1.66. The van der Waals surface area contributed by atoms with Gasteiger partial charge < -0.3 is 20.1 Å². The fourth-order valence-electron chi connectivity index (χ4n) is 3.52. The highest BCUT2D eigenvalue weighted by Crippen LogP contribution is 2.29. The molecule has 178 valence electrons. The first-order valence-electron chi connectivity index (χ1n) is 11.1. The van der Waals surface area contributed by atoms with Crippen LogP contribution in [0.15, 0.2) is 85.1 Å². The van der Waals surface area contributed by atoms with Crippen molar-refractivity contribution in [3.8, 4) is 11.6 Å². The number of hydrogen-bond acceptors (Lipinski definition) is 5. The average molecular weight is 471 g/mol. The van der Waals surface area contributed by atoms with Gasteiger partial charge in [-0.1, -0.05) is 60.7 Å². The first kappa shape index (κ1) is 23.6. The van der Waals surface area contributed by atoms with Crippen molar-refractivity contribution < 1.29 is 19.1 Å². The van der Waals surface area contributed by atoms with Gasteiger partial charge in [0.25, 0.3) is 5.91 Å². The quantitative estimate of drug-likeness (QED) is 0.369. The Morgan fingerprint density at radius 2 is 1.60 bits per heavy atom. The van der Waals surface area contributed by atoms with Crippen molar-refractivity contribution in [2.24, 2.45) is 0 Å². The number of ether oxygens (including phenoxy) is 2. The predicted octanol–water partition coefficient (Wildman–Crippen LogP) is 4.73. The molecular weight excluding hydrogens is 444 g/mol. The number of nitrogens with one attached hydrogen (secondary N) is 2. The molecule has 8 heteroatoms. The third-order valence-corrected chi connectivity index (χ3v) is 5.15. The summed E-state index contributed by atoms with van der Waals surface area (Å²) in [5, 5.41) is 10.1. The van der Waals surface area contributed by atoms with Gasteiger partial charge in [-0.05, 0) is 29.3 Å². The lowest BCUT2D eigenvalue weighted by Crippen LogP contribution is -2.14. The summed E-state index contributed by atoms with van der Waals surface area (Å²) in [6.45, 7) is 2.17. The van der Waals surface area contributed by atoms with Crippen molar-refractivity contribution in [1.29, 1.82) is 0 Å². The zero-order chi connectivity index (χ0) is 24.6. The molecule has 0 aliphatic carbocycles. The van der Waals surface area contributed by atoms with Crippen molar-refractivity contribution >= 4 is 23.2 Å². The van der Waals surface area contributed by atoms with Crippen LogP contribution in [0.25, 0.3) is 0 Å². The first-order valence-corrected chi connectivity index (χ1v) is 11.1. The molecule has 8 nitrogen and oxygen atoms in total. The van der Waals surface area contributed by atoms with E-state index in [1.54, 1.807) is 29.1 Å². The summed E-state index contributed by atoms with van der Waals surface area (Å²) in [5.41, 5.74) is 3.23. The van der Waals surface area contributed by atoms with Gasteiger partial charge in [-0.15, -0.1) is 5.10 Å². The minimum atomic E-state index is -0.411. The van der Waals surface area contributed by atoms with E-state index in [9.17, 15) is 9.59 Å². The molecule has 0 fully saturated rings. The number of amides is 2. The van der Waals surface area contributed by atoms with Gasteiger partial charge in [0.15, 0.2) is 0 Å². The van der Waals surface area contributed by atoms with Crippen LogP contribution in [0.5, 0.6) is 11.6 Å². The molecule has 0 atom stereocenters. The molecule has 0 saturated heterocycles. The van der Waals surface area contributed by atoms with E-state index in [4.69, 9.17) is 9.47 Å². The summed E-state index contributed by atoms with van der Waals surface area (Å²) in [7, 11) is 1.51. The Balaban J connectivity index is 1.61. The minimum absolute atomic E-state index is 0.216. The second kappa shape index (κ2) is 11.0. The molecule has 0 spiro atoms. The molecular formula is C27H26N4O4. The number of hydrogen-bond donors (Lipinski definition) is 2. The Hall–Kier alpha value is -4.59. The SMILES string of the molecule is COc1ccc(NC(C)=O)cc1NC(=O)c1cn(Cc2ccccc2)nc1OCc1ccccc1. The Bertz CT molecular complexity index is 1300. The van der Waals surface area contributed by atoms with Crippen LogP contribution in [-0.2, 0) is 17.9 Å². The van der Waals surface area contributed by atoms with Crippen LogP contribution in [0.2, 0.25) is 0 Å². The molecule has 0 bridgehead atoms. The second-order valence-corrected chi connectivity index (χ2v) is 7.86. The molecule has 0 radical (unpaired) electrons. The molecule has 35 heavy (non-hydrogen) atoms. The fraction of sp³-hybridized carbons (Fsp3) is 0.148. The largest absolute Gasteiger partial charge is 0.495 e. The van der Waals surface area contributed by atoms with Gasteiger partial charge in [0.1, 0.15) is 17.9 Å². The van der Waals surface area contributed by atoms with Crippen LogP contribution in [-0.4, -0.2) is 28.7 Å². The van der Waals surface area contributed by atoms with E-state index < -0.39 is 5.91 Å². The lowest BCUT2D eigenvalue weighted by Gasteiger charge is -2.12. The highest BCUT2D eigenvalue weighted by atomic mass is 16.5. The Kier molecular flexibility index (Phi) is 7.42. The Morgan fingerprint density at radius 3 is 2.26 bits per heavy atom. The average Bonchev–Trinajstić information content (AvgIpc) is 3.26. The van der Waals surface area contributed by atoms with Gasteiger partial charge in [0.05, 0.1) is 19.3 Å². The number of methoxy groups -OCH3 is 1. The molecule has 2 amide bonds. The predicted molar refractivity (Wildman–Crippen MR) is 134 cm³/mol. The van der Waals surface area contributed by atoms with Gasteiger partial charge >= 0.3 is 0 Å². The molecule has 4 rings (SSSR count). The molecule has 4 aromatic rings. The molecule has 0 aliphatic rings. The Morgan fingerprint density at radius 1 is 0.914 bits per heavy atom. The van der Waals surface area contributed by atoms with Gasteiger partial charge in [0, 0.05) is 18.8 Å². The second-order valence-electron chi connectivity index (χ2n) is 7.86. The smallest absolute Gasteiger partial charge is 0.262 e. The number of nitrogens with zero attached hydrogens (tertiary/aromatic N) is 2. The molecule has 0 unspecified atom stereocenters. The van der Waals surface area contributed by atoms with Crippen molar-refractivity contribution in [3.05, 3.63) is 102 Å². The van der Waals surface area contributed by atoms with Crippen molar-refractivity contribution in [2.75, 3.05) is 17.7 Å². The number of anilines is 2. The molecule has 3 aromatic carbocycles. The van der Waals surface area contributed by atoms with E-state index in [0.29, 0.717) is 23.7 Å². The molecule has 1 aromatic heterocycles. The number of rotatable bonds is 9. The first-order chi connectivity index (χ1) is 17.0. The lowest BCUT2D eigenvalue weighted by molar-refractivity contribution is -0.114. The highest BCUT2D eigenvalue weighted by molar-refractivity contribution is 6.07. The van der Waals surface area contributed by atoms with Gasteiger partial charge in [0.2, 0.25) is 11.8 Å². The minimum Gasteiger partial charge on any atom is -0.495 e. The number of benzene rings is 3. The summed E-state index contributed by atoms with van der Waals surface area (Å²) in [6, 6.07) is 24.5. The zero-order valence-corrected chi connectivity index (χ0v) is 19.5. The van der Waals surface area contributed by atoms with Crippen LogP contribution in [0.4, 0.5) is 11.4 Å². The fourth-order valence-corrected chi connectivity index (χ4v) is 3.52. The molecule has 0 aliphatic heterocycles. The van der Waals surface area contributed by atoms with E-state index in [1.807, 2.05) is 60.7 Å². The van der Waals surface area contributed by atoms with E-state index in [1.165, 1.54) is 14.0 Å². The summed E-state index contributed by atoms with van der Waals surface area (Å²) in [4.78, 5) is 24.8. The maximum absolute atomic E-state index is 13.3. The summed E-state index contributed by atoms with van der Waals surface area (Å²) < 4.78 is 13.0. The molecule has 0 saturated carbocycles.